The lowest BCUT2D eigenvalue weighted by Gasteiger charge is -2.13. The van der Waals surface area contributed by atoms with E-state index in [4.69, 9.17) is 19.9 Å². The predicted octanol–water partition coefficient (Wildman–Crippen LogP) is 0.552. The van der Waals surface area contributed by atoms with Gasteiger partial charge in [0.25, 0.3) is 0 Å². The standard InChI is InChI=1S/C11H17N3O3/c1-13-14-11(12)7-5-8(15-2)10(17-4)9(6-7)16-3/h5-6,13H,1-4H3,(H2,12,14). The van der Waals surface area contributed by atoms with Crippen molar-refractivity contribution >= 4 is 5.84 Å². The summed E-state index contributed by atoms with van der Waals surface area (Å²) in [6, 6.07) is 3.47. The van der Waals surface area contributed by atoms with Crippen LogP contribution in [0.15, 0.2) is 17.2 Å². The number of hydrogen-bond donors (Lipinski definition) is 2. The molecule has 0 amide bonds. The molecule has 17 heavy (non-hydrogen) atoms. The summed E-state index contributed by atoms with van der Waals surface area (Å²) in [7, 11) is 6.31. The van der Waals surface area contributed by atoms with E-state index in [1.54, 1.807) is 40.5 Å². The third-order valence-electron chi connectivity index (χ3n) is 2.19. The molecule has 0 heterocycles. The summed E-state index contributed by atoms with van der Waals surface area (Å²) in [6.45, 7) is 0. The molecule has 0 saturated heterocycles. The fourth-order valence-corrected chi connectivity index (χ4v) is 1.41. The van der Waals surface area contributed by atoms with Gasteiger partial charge in [-0.1, -0.05) is 0 Å². The molecule has 0 spiro atoms. The molecule has 0 unspecified atom stereocenters. The van der Waals surface area contributed by atoms with Crippen LogP contribution in [0, 0.1) is 0 Å². The molecule has 0 aliphatic heterocycles. The average Bonchev–Trinajstić information content (AvgIpc) is 2.37. The molecule has 1 rings (SSSR count). The Labute approximate surface area is 100 Å². The minimum atomic E-state index is 0.340. The zero-order chi connectivity index (χ0) is 12.8. The molecule has 0 fully saturated rings. The van der Waals surface area contributed by atoms with Gasteiger partial charge in [0.15, 0.2) is 17.3 Å². The number of hydrazone groups is 1. The van der Waals surface area contributed by atoms with Crippen molar-refractivity contribution in [2.24, 2.45) is 10.8 Å². The van der Waals surface area contributed by atoms with Crippen LogP contribution in [0.3, 0.4) is 0 Å². The lowest BCUT2D eigenvalue weighted by molar-refractivity contribution is 0.324. The van der Waals surface area contributed by atoms with Gasteiger partial charge in [0, 0.05) is 12.6 Å². The Bertz CT molecular complexity index is 393. The van der Waals surface area contributed by atoms with E-state index in [-0.39, 0.29) is 0 Å². The smallest absolute Gasteiger partial charge is 0.203 e. The molecule has 3 N–H and O–H groups in total. The van der Waals surface area contributed by atoms with Crippen molar-refractivity contribution in [1.82, 2.24) is 5.43 Å². The number of nitrogens with zero attached hydrogens (tertiary/aromatic N) is 1. The third kappa shape index (κ3) is 2.72. The molecular weight excluding hydrogens is 222 g/mol. The van der Waals surface area contributed by atoms with Crippen LogP contribution in [0.2, 0.25) is 0 Å². The summed E-state index contributed by atoms with van der Waals surface area (Å²) < 4.78 is 15.6. The molecule has 0 atom stereocenters. The Kier molecular flexibility index (Phi) is 4.45. The molecule has 0 aliphatic rings. The number of ether oxygens (including phenoxy) is 3. The topological polar surface area (TPSA) is 78.1 Å². The molecule has 6 heteroatoms. The van der Waals surface area contributed by atoms with E-state index in [2.05, 4.69) is 10.5 Å². The van der Waals surface area contributed by atoms with Crippen LogP contribution < -0.4 is 25.4 Å². The normalized spacial score (nSPS) is 10.9. The lowest BCUT2D eigenvalue weighted by Crippen LogP contribution is -2.17. The lowest BCUT2D eigenvalue weighted by atomic mass is 10.1. The van der Waals surface area contributed by atoms with Crippen LogP contribution in [0.5, 0.6) is 17.2 Å². The van der Waals surface area contributed by atoms with Crippen molar-refractivity contribution < 1.29 is 14.2 Å². The van der Waals surface area contributed by atoms with Gasteiger partial charge < -0.3 is 25.4 Å². The van der Waals surface area contributed by atoms with Gasteiger partial charge >= 0.3 is 0 Å². The zero-order valence-corrected chi connectivity index (χ0v) is 10.4. The highest BCUT2D eigenvalue weighted by molar-refractivity contribution is 5.98. The SMILES string of the molecule is CN/N=C(\N)c1cc(OC)c(OC)c(OC)c1. The summed E-state index contributed by atoms with van der Waals surface area (Å²) >= 11 is 0. The summed E-state index contributed by atoms with van der Waals surface area (Å²) in [4.78, 5) is 0. The van der Waals surface area contributed by atoms with E-state index in [1.165, 1.54) is 0 Å². The van der Waals surface area contributed by atoms with Gasteiger partial charge in [-0.2, -0.15) is 5.10 Å². The van der Waals surface area contributed by atoms with Gasteiger partial charge in [0.05, 0.1) is 21.3 Å². The molecule has 0 aliphatic carbocycles. The van der Waals surface area contributed by atoms with Gasteiger partial charge in [-0.3, -0.25) is 0 Å². The molecule has 1 aromatic carbocycles. The van der Waals surface area contributed by atoms with Crippen LogP contribution in [0.25, 0.3) is 0 Å². The average molecular weight is 239 g/mol. The second kappa shape index (κ2) is 5.83. The highest BCUT2D eigenvalue weighted by Gasteiger charge is 2.14. The van der Waals surface area contributed by atoms with E-state index >= 15 is 0 Å². The number of methoxy groups -OCH3 is 3. The summed E-state index contributed by atoms with van der Waals surface area (Å²) in [6.07, 6.45) is 0. The van der Waals surface area contributed by atoms with Crippen LogP contribution in [0.4, 0.5) is 0 Å². The Morgan fingerprint density at radius 3 is 2.00 bits per heavy atom. The van der Waals surface area contributed by atoms with Crippen LogP contribution >= 0.6 is 0 Å². The van der Waals surface area contributed by atoms with Gasteiger partial charge in [-0.15, -0.1) is 0 Å². The number of nitrogens with one attached hydrogen (secondary N) is 1. The third-order valence-corrected chi connectivity index (χ3v) is 2.19. The van der Waals surface area contributed by atoms with Crippen molar-refractivity contribution in [2.45, 2.75) is 0 Å². The van der Waals surface area contributed by atoms with Gasteiger partial charge in [0.2, 0.25) is 5.75 Å². The largest absolute Gasteiger partial charge is 0.493 e. The van der Waals surface area contributed by atoms with Gasteiger partial charge in [-0.05, 0) is 12.1 Å². The highest BCUT2D eigenvalue weighted by Crippen LogP contribution is 2.37. The minimum absolute atomic E-state index is 0.340. The number of nitrogens with two attached hydrogens (primary N) is 1. The molecule has 6 nitrogen and oxygen atoms in total. The number of amidine groups is 1. The molecular formula is C11H17N3O3. The fourth-order valence-electron chi connectivity index (χ4n) is 1.41. The number of rotatable bonds is 5. The molecule has 94 valence electrons. The monoisotopic (exact) mass is 239 g/mol. The molecule has 0 aromatic heterocycles. The Hall–Kier alpha value is -2.11. The van der Waals surface area contributed by atoms with Gasteiger partial charge in [0.1, 0.15) is 0 Å². The molecule has 0 saturated carbocycles. The van der Waals surface area contributed by atoms with Crippen molar-refractivity contribution in [3.05, 3.63) is 17.7 Å². The Balaban J connectivity index is 3.32. The fraction of sp³-hybridized carbons (Fsp3) is 0.364. The summed E-state index contributed by atoms with van der Waals surface area (Å²) in [5.74, 6) is 1.94. The summed E-state index contributed by atoms with van der Waals surface area (Å²) in [5, 5.41) is 3.89. The van der Waals surface area contributed by atoms with E-state index in [0.29, 0.717) is 28.6 Å². The maximum absolute atomic E-state index is 5.78. The van der Waals surface area contributed by atoms with E-state index in [9.17, 15) is 0 Å². The first-order valence-corrected chi connectivity index (χ1v) is 4.98. The number of hydrogen-bond acceptors (Lipinski definition) is 5. The highest BCUT2D eigenvalue weighted by atomic mass is 16.5. The van der Waals surface area contributed by atoms with Crippen molar-refractivity contribution in [1.29, 1.82) is 0 Å². The van der Waals surface area contributed by atoms with E-state index in [0.717, 1.165) is 0 Å². The first-order chi connectivity index (χ1) is 8.17. The predicted molar refractivity (Wildman–Crippen MR) is 65.9 cm³/mol. The van der Waals surface area contributed by atoms with Crippen LogP contribution in [0.1, 0.15) is 5.56 Å². The van der Waals surface area contributed by atoms with E-state index in [1.807, 2.05) is 0 Å². The maximum atomic E-state index is 5.78. The van der Waals surface area contributed by atoms with E-state index < -0.39 is 0 Å². The molecule has 0 bridgehead atoms. The second-order valence-corrected chi connectivity index (χ2v) is 3.13. The Morgan fingerprint density at radius 1 is 1.12 bits per heavy atom. The van der Waals surface area contributed by atoms with Crippen LogP contribution in [-0.4, -0.2) is 34.2 Å². The molecule has 0 radical (unpaired) electrons. The second-order valence-electron chi connectivity index (χ2n) is 3.13. The van der Waals surface area contributed by atoms with Crippen molar-refractivity contribution in [3.8, 4) is 17.2 Å². The number of benzene rings is 1. The van der Waals surface area contributed by atoms with Crippen molar-refractivity contribution in [3.63, 3.8) is 0 Å². The van der Waals surface area contributed by atoms with Gasteiger partial charge in [-0.25, -0.2) is 0 Å². The summed E-state index contributed by atoms with van der Waals surface area (Å²) in [5.41, 5.74) is 9.09. The minimum Gasteiger partial charge on any atom is -0.493 e. The zero-order valence-electron chi connectivity index (χ0n) is 10.4. The molecule has 1 aromatic rings. The van der Waals surface area contributed by atoms with Crippen LogP contribution in [-0.2, 0) is 0 Å². The quantitative estimate of drug-likeness (QED) is 0.446. The maximum Gasteiger partial charge on any atom is 0.203 e. The first-order valence-electron chi connectivity index (χ1n) is 4.98. The first kappa shape index (κ1) is 13.0. The Morgan fingerprint density at radius 2 is 1.65 bits per heavy atom. The van der Waals surface area contributed by atoms with Crippen molar-refractivity contribution in [2.75, 3.05) is 28.4 Å².